The molecular formula is C43H70N2O7. The maximum Gasteiger partial charge on any atom is 0.410 e. The average Bonchev–Trinajstić information content (AvgIpc) is 3.46. The molecule has 4 aliphatic carbocycles. The molecule has 52 heavy (non-hydrogen) atoms. The molecule has 0 aromatic rings. The second-order valence-corrected chi connectivity index (χ2v) is 17.9. The van der Waals surface area contributed by atoms with Crippen LogP contribution in [0.4, 0.5) is 4.79 Å². The van der Waals surface area contributed by atoms with Gasteiger partial charge in [-0.05, 0) is 111 Å². The van der Waals surface area contributed by atoms with Gasteiger partial charge in [0.15, 0.2) is 0 Å². The molecule has 9 heteroatoms. The van der Waals surface area contributed by atoms with Crippen LogP contribution in [0.5, 0.6) is 0 Å². The van der Waals surface area contributed by atoms with Gasteiger partial charge in [-0.25, -0.2) is 4.79 Å². The Bertz CT molecular complexity index is 1280. The third-order valence-corrected chi connectivity index (χ3v) is 14.3. The van der Waals surface area contributed by atoms with Crippen molar-refractivity contribution in [3.8, 4) is 0 Å². The van der Waals surface area contributed by atoms with Crippen molar-refractivity contribution in [1.29, 1.82) is 0 Å². The van der Waals surface area contributed by atoms with E-state index in [0.29, 0.717) is 24.8 Å². The molecule has 5 aliphatic rings. The Labute approximate surface area is 314 Å². The number of cyclic esters (lactones) is 1. The molecule has 5 rings (SSSR count). The SMILES string of the molecule is CCOC(=O)CN1CCC(=O)OCCN(C(=O)O[C@H]2CC[C@@]3(C)C(=CCC4C3CC[C@@]3(C)C4CC[C@@H]3C(C)CCCC(C)C)C2)CCCCCC1=O. The molecule has 1 aliphatic heterocycles. The predicted octanol–water partition coefficient (Wildman–Crippen LogP) is 8.73. The van der Waals surface area contributed by atoms with Gasteiger partial charge in [0.25, 0.3) is 0 Å². The molecular weight excluding hydrogens is 656 g/mol. The van der Waals surface area contributed by atoms with Crippen LogP contribution in [0.2, 0.25) is 0 Å². The van der Waals surface area contributed by atoms with E-state index in [4.69, 9.17) is 14.2 Å². The lowest BCUT2D eigenvalue weighted by Gasteiger charge is -2.58. The van der Waals surface area contributed by atoms with Crippen molar-refractivity contribution >= 4 is 23.9 Å². The lowest BCUT2D eigenvalue weighted by Crippen LogP contribution is -2.51. The van der Waals surface area contributed by atoms with E-state index >= 15 is 0 Å². The summed E-state index contributed by atoms with van der Waals surface area (Å²) in [7, 11) is 0. The Kier molecular flexibility index (Phi) is 14.2. The van der Waals surface area contributed by atoms with Crippen molar-refractivity contribution in [3.63, 3.8) is 0 Å². The van der Waals surface area contributed by atoms with Gasteiger partial charge in [0, 0.05) is 25.9 Å². The first-order valence-corrected chi connectivity index (χ1v) is 21.1. The van der Waals surface area contributed by atoms with Gasteiger partial charge in [0.05, 0.1) is 19.6 Å². The van der Waals surface area contributed by atoms with Crippen LogP contribution in [-0.4, -0.2) is 79.2 Å². The summed E-state index contributed by atoms with van der Waals surface area (Å²) in [6.45, 7) is 15.1. The highest BCUT2D eigenvalue weighted by Gasteiger charge is 2.59. The summed E-state index contributed by atoms with van der Waals surface area (Å²) in [5.41, 5.74) is 2.17. The van der Waals surface area contributed by atoms with E-state index in [1.807, 2.05) is 0 Å². The second-order valence-electron chi connectivity index (χ2n) is 17.9. The number of fused-ring (bicyclic) bond motifs is 5. The predicted molar refractivity (Wildman–Crippen MR) is 202 cm³/mol. The molecule has 4 fully saturated rings. The number of nitrogens with zero attached hydrogens (tertiary/aromatic N) is 2. The number of ether oxygens (including phenoxy) is 3. The molecule has 3 saturated carbocycles. The first-order valence-electron chi connectivity index (χ1n) is 21.1. The number of carbonyl (C=O) groups excluding carboxylic acids is 4. The molecule has 0 bridgehead atoms. The fourth-order valence-electron chi connectivity index (χ4n) is 11.4. The summed E-state index contributed by atoms with van der Waals surface area (Å²) in [6.07, 6.45) is 18.0. The molecule has 1 saturated heterocycles. The highest BCUT2D eigenvalue weighted by molar-refractivity contribution is 5.82. The van der Waals surface area contributed by atoms with Gasteiger partial charge >= 0.3 is 18.0 Å². The van der Waals surface area contributed by atoms with E-state index in [1.54, 1.807) is 11.8 Å². The summed E-state index contributed by atoms with van der Waals surface area (Å²) >= 11 is 0. The number of carbonyl (C=O) groups is 4. The summed E-state index contributed by atoms with van der Waals surface area (Å²) in [4.78, 5) is 54.1. The Balaban J connectivity index is 1.15. The van der Waals surface area contributed by atoms with Gasteiger partial charge in [-0.15, -0.1) is 0 Å². The van der Waals surface area contributed by atoms with Gasteiger partial charge in [-0.1, -0.05) is 72.0 Å². The average molecular weight is 727 g/mol. The fraction of sp³-hybridized carbons (Fsp3) is 0.860. The van der Waals surface area contributed by atoms with Crippen molar-refractivity contribution in [2.24, 2.45) is 46.3 Å². The van der Waals surface area contributed by atoms with Crippen LogP contribution in [0.15, 0.2) is 11.6 Å². The molecule has 0 aromatic heterocycles. The summed E-state index contributed by atoms with van der Waals surface area (Å²) in [6, 6.07) is 0. The van der Waals surface area contributed by atoms with Crippen molar-refractivity contribution < 1.29 is 33.4 Å². The standard InChI is InChI=1S/C43H70N2O7/c1-7-50-40(48)29-45-25-21-39(47)51-27-26-44(24-10-8-9-14-38(45)46)41(49)52-33-19-22-42(5)32(28-33)15-16-34-36-18-17-35(31(4)13-11-12-30(2)3)43(36,6)23-20-37(34)42/h15,30-31,33-37H,7-14,16-29H2,1-6H3/t31?,33-,34?,35+,36?,37?,42-,43+/m0/s1. The largest absolute Gasteiger partial charge is 0.465 e. The minimum atomic E-state index is -0.484. The van der Waals surface area contributed by atoms with Crippen molar-refractivity contribution in [2.75, 3.05) is 39.4 Å². The lowest BCUT2D eigenvalue weighted by molar-refractivity contribution is -0.151. The van der Waals surface area contributed by atoms with E-state index < -0.39 is 11.9 Å². The van der Waals surface area contributed by atoms with Gasteiger partial charge in [0.2, 0.25) is 5.91 Å². The normalized spacial score (nSPS) is 33.9. The zero-order chi connectivity index (χ0) is 37.5. The van der Waals surface area contributed by atoms with Crippen LogP contribution < -0.4 is 0 Å². The zero-order valence-electron chi connectivity index (χ0n) is 33.4. The van der Waals surface area contributed by atoms with Crippen LogP contribution in [0, 0.1) is 46.3 Å². The Morgan fingerprint density at radius 1 is 0.942 bits per heavy atom. The van der Waals surface area contributed by atoms with Gasteiger partial charge in [0.1, 0.15) is 19.3 Å². The monoisotopic (exact) mass is 727 g/mol. The summed E-state index contributed by atoms with van der Waals surface area (Å²) < 4.78 is 16.7. The molecule has 0 radical (unpaired) electrons. The second kappa shape index (κ2) is 18.2. The first kappa shape index (κ1) is 40.6. The third kappa shape index (κ3) is 9.55. The highest BCUT2D eigenvalue weighted by atomic mass is 16.6. The van der Waals surface area contributed by atoms with Gasteiger partial charge in [-0.3, -0.25) is 14.4 Å². The highest BCUT2D eigenvalue weighted by Crippen LogP contribution is 2.67. The number of amides is 2. The molecule has 8 atom stereocenters. The Hall–Kier alpha value is -2.58. The molecule has 9 nitrogen and oxygen atoms in total. The maximum absolute atomic E-state index is 13.6. The van der Waals surface area contributed by atoms with Crippen LogP contribution in [0.25, 0.3) is 0 Å². The number of allylic oxidation sites excluding steroid dienone is 1. The number of hydrogen-bond donors (Lipinski definition) is 0. The third-order valence-electron chi connectivity index (χ3n) is 14.3. The molecule has 4 unspecified atom stereocenters. The van der Waals surface area contributed by atoms with E-state index in [1.165, 1.54) is 61.8 Å². The van der Waals surface area contributed by atoms with Crippen molar-refractivity contribution in [1.82, 2.24) is 9.80 Å². The van der Waals surface area contributed by atoms with Gasteiger partial charge in [-0.2, -0.15) is 0 Å². The van der Waals surface area contributed by atoms with E-state index in [0.717, 1.165) is 61.2 Å². The Morgan fingerprint density at radius 3 is 2.52 bits per heavy atom. The lowest BCUT2D eigenvalue weighted by atomic mass is 9.47. The molecule has 1 heterocycles. The minimum Gasteiger partial charge on any atom is -0.465 e. The quantitative estimate of drug-likeness (QED) is 0.133. The van der Waals surface area contributed by atoms with E-state index in [9.17, 15) is 19.2 Å². The number of rotatable bonds is 9. The summed E-state index contributed by atoms with van der Waals surface area (Å²) in [5, 5.41) is 0. The zero-order valence-corrected chi connectivity index (χ0v) is 33.4. The van der Waals surface area contributed by atoms with Crippen molar-refractivity contribution in [3.05, 3.63) is 11.6 Å². The van der Waals surface area contributed by atoms with Crippen LogP contribution in [-0.2, 0) is 28.6 Å². The van der Waals surface area contributed by atoms with E-state index in [2.05, 4.69) is 40.7 Å². The number of esters is 2. The fourth-order valence-corrected chi connectivity index (χ4v) is 11.4. The van der Waals surface area contributed by atoms with Crippen LogP contribution >= 0.6 is 0 Å². The van der Waals surface area contributed by atoms with Crippen molar-refractivity contribution in [2.45, 2.75) is 150 Å². The smallest absolute Gasteiger partial charge is 0.410 e. The topological polar surface area (TPSA) is 102 Å². The van der Waals surface area contributed by atoms with E-state index in [-0.39, 0.29) is 69.2 Å². The molecule has 0 spiro atoms. The minimum absolute atomic E-state index is 0.0223. The van der Waals surface area contributed by atoms with Gasteiger partial charge < -0.3 is 24.0 Å². The molecule has 0 N–H and O–H groups in total. The molecule has 2 amide bonds. The van der Waals surface area contributed by atoms with Crippen LogP contribution in [0.3, 0.4) is 0 Å². The maximum atomic E-state index is 13.6. The number of hydrogen-bond acceptors (Lipinski definition) is 7. The first-order chi connectivity index (χ1) is 24.9. The Morgan fingerprint density at radius 2 is 1.75 bits per heavy atom. The summed E-state index contributed by atoms with van der Waals surface area (Å²) in [5.74, 6) is 3.66. The van der Waals surface area contributed by atoms with Crippen LogP contribution in [0.1, 0.15) is 144 Å². The molecule has 294 valence electrons. The molecule has 0 aromatic carbocycles.